The van der Waals surface area contributed by atoms with Crippen LogP contribution in [0.15, 0.2) is 12.4 Å². The normalized spacial score (nSPS) is 25.3. The Hall–Kier alpha value is -0.830. The first kappa shape index (κ1) is 9.71. The molecule has 0 radical (unpaired) electrons. The van der Waals surface area contributed by atoms with Crippen LogP contribution in [0, 0.1) is 11.8 Å². The van der Waals surface area contributed by atoms with Crippen molar-refractivity contribution in [1.29, 1.82) is 0 Å². The Morgan fingerprint density at radius 1 is 1.64 bits per heavy atom. The Bertz CT molecular complexity index is 292. The molecular formula is C11H19N3. The summed E-state index contributed by atoms with van der Waals surface area (Å²) >= 11 is 0. The molecule has 2 unspecified atom stereocenters. The number of nitrogens with zero attached hydrogens (tertiary/aromatic N) is 2. The number of imidazole rings is 1. The van der Waals surface area contributed by atoms with Crippen molar-refractivity contribution in [3.8, 4) is 0 Å². The van der Waals surface area contributed by atoms with Crippen molar-refractivity contribution in [2.75, 3.05) is 6.54 Å². The second-order valence-corrected chi connectivity index (χ2v) is 4.23. The third kappa shape index (κ3) is 2.15. The van der Waals surface area contributed by atoms with Crippen LogP contribution in [0.1, 0.15) is 26.1 Å². The highest BCUT2D eigenvalue weighted by Crippen LogP contribution is 2.36. The molecule has 3 heteroatoms. The number of nitrogens with one attached hydrogen (secondary N) is 1. The van der Waals surface area contributed by atoms with Gasteiger partial charge in [-0.2, -0.15) is 0 Å². The summed E-state index contributed by atoms with van der Waals surface area (Å²) in [6.45, 7) is 7.53. The average Bonchev–Trinajstić information content (AvgIpc) is 2.72. The van der Waals surface area contributed by atoms with Crippen molar-refractivity contribution in [3.63, 3.8) is 0 Å². The molecule has 0 aliphatic heterocycles. The van der Waals surface area contributed by atoms with E-state index >= 15 is 0 Å². The summed E-state index contributed by atoms with van der Waals surface area (Å²) in [5.41, 5.74) is 0. The lowest BCUT2D eigenvalue weighted by Gasteiger charge is -2.05. The lowest BCUT2D eigenvalue weighted by molar-refractivity contribution is 0.574. The van der Waals surface area contributed by atoms with Crippen molar-refractivity contribution in [2.24, 2.45) is 11.8 Å². The summed E-state index contributed by atoms with van der Waals surface area (Å²) in [5, 5.41) is 3.47. The first-order valence-corrected chi connectivity index (χ1v) is 5.52. The molecule has 2 rings (SSSR count). The van der Waals surface area contributed by atoms with Crippen LogP contribution in [0.25, 0.3) is 0 Å². The summed E-state index contributed by atoms with van der Waals surface area (Å²) in [6.07, 6.45) is 5.31. The van der Waals surface area contributed by atoms with Gasteiger partial charge in [0.05, 0.1) is 6.54 Å². The van der Waals surface area contributed by atoms with E-state index in [4.69, 9.17) is 0 Å². The predicted molar refractivity (Wildman–Crippen MR) is 56.9 cm³/mol. The van der Waals surface area contributed by atoms with Crippen molar-refractivity contribution in [3.05, 3.63) is 18.2 Å². The fraction of sp³-hybridized carbons (Fsp3) is 0.727. The molecule has 1 aliphatic carbocycles. The van der Waals surface area contributed by atoms with Crippen LogP contribution in [-0.4, -0.2) is 16.1 Å². The van der Waals surface area contributed by atoms with E-state index in [1.165, 1.54) is 6.42 Å². The highest BCUT2D eigenvalue weighted by Gasteiger charge is 2.31. The smallest absolute Gasteiger partial charge is 0.122 e. The quantitative estimate of drug-likeness (QED) is 0.770. The van der Waals surface area contributed by atoms with E-state index in [0.29, 0.717) is 0 Å². The van der Waals surface area contributed by atoms with Gasteiger partial charge in [-0.3, -0.25) is 0 Å². The maximum absolute atomic E-state index is 4.32. The minimum Gasteiger partial charge on any atom is -0.334 e. The van der Waals surface area contributed by atoms with Gasteiger partial charge < -0.3 is 9.88 Å². The molecule has 1 aliphatic rings. The van der Waals surface area contributed by atoms with Crippen molar-refractivity contribution in [2.45, 2.75) is 33.4 Å². The van der Waals surface area contributed by atoms with Crippen molar-refractivity contribution >= 4 is 0 Å². The van der Waals surface area contributed by atoms with Gasteiger partial charge in [-0.05, 0) is 31.7 Å². The van der Waals surface area contributed by atoms with Crippen LogP contribution in [0.4, 0.5) is 0 Å². The average molecular weight is 193 g/mol. The zero-order valence-corrected chi connectivity index (χ0v) is 9.03. The summed E-state index contributed by atoms with van der Waals surface area (Å²) in [5.74, 6) is 3.01. The first-order valence-electron chi connectivity index (χ1n) is 5.52. The van der Waals surface area contributed by atoms with Crippen LogP contribution in [0.5, 0.6) is 0 Å². The van der Waals surface area contributed by atoms with Gasteiger partial charge in [0.25, 0.3) is 0 Å². The molecule has 2 atom stereocenters. The molecule has 0 saturated heterocycles. The molecule has 1 N–H and O–H groups in total. The molecule has 1 heterocycles. The predicted octanol–water partition coefficient (Wildman–Crippen LogP) is 1.65. The van der Waals surface area contributed by atoms with Crippen molar-refractivity contribution < 1.29 is 0 Å². The van der Waals surface area contributed by atoms with Gasteiger partial charge >= 0.3 is 0 Å². The summed E-state index contributed by atoms with van der Waals surface area (Å²) in [4.78, 5) is 4.32. The maximum atomic E-state index is 4.32. The number of hydrogen-bond acceptors (Lipinski definition) is 2. The molecule has 14 heavy (non-hydrogen) atoms. The Morgan fingerprint density at radius 3 is 3.07 bits per heavy atom. The zero-order valence-electron chi connectivity index (χ0n) is 9.03. The van der Waals surface area contributed by atoms with E-state index in [0.717, 1.165) is 37.3 Å². The van der Waals surface area contributed by atoms with Crippen LogP contribution >= 0.6 is 0 Å². The molecular weight excluding hydrogens is 174 g/mol. The van der Waals surface area contributed by atoms with Gasteiger partial charge in [0.1, 0.15) is 5.82 Å². The Balaban J connectivity index is 1.74. The molecule has 78 valence electrons. The number of rotatable bonds is 5. The van der Waals surface area contributed by atoms with E-state index in [2.05, 4.69) is 28.7 Å². The third-order valence-corrected chi connectivity index (χ3v) is 3.11. The number of hydrogen-bond donors (Lipinski definition) is 1. The van der Waals surface area contributed by atoms with Crippen LogP contribution in [0.2, 0.25) is 0 Å². The fourth-order valence-corrected chi connectivity index (χ4v) is 1.85. The van der Waals surface area contributed by atoms with Gasteiger partial charge in [0.2, 0.25) is 0 Å². The van der Waals surface area contributed by atoms with Crippen LogP contribution in [0.3, 0.4) is 0 Å². The number of aryl methyl sites for hydroxylation is 1. The third-order valence-electron chi connectivity index (χ3n) is 3.11. The van der Waals surface area contributed by atoms with Gasteiger partial charge in [-0.25, -0.2) is 4.98 Å². The Labute approximate surface area is 85.5 Å². The largest absolute Gasteiger partial charge is 0.334 e. The van der Waals surface area contributed by atoms with Gasteiger partial charge in [-0.1, -0.05) is 6.92 Å². The lowest BCUT2D eigenvalue weighted by Crippen LogP contribution is -2.19. The summed E-state index contributed by atoms with van der Waals surface area (Å²) in [6, 6.07) is 0. The van der Waals surface area contributed by atoms with E-state index in [1.807, 2.05) is 12.4 Å². The molecule has 0 spiro atoms. The minimum atomic E-state index is 0.907. The number of aromatic nitrogens is 2. The van der Waals surface area contributed by atoms with E-state index in [9.17, 15) is 0 Å². The fourth-order valence-electron chi connectivity index (χ4n) is 1.85. The highest BCUT2D eigenvalue weighted by molar-refractivity contribution is 4.92. The summed E-state index contributed by atoms with van der Waals surface area (Å²) < 4.78 is 2.18. The molecule has 0 amide bonds. The van der Waals surface area contributed by atoms with E-state index in [-0.39, 0.29) is 0 Å². The molecule has 1 aromatic heterocycles. The molecule has 1 aromatic rings. The molecule has 0 aromatic carbocycles. The lowest BCUT2D eigenvalue weighted by atomic mass is 10.3. The Morgan fingerprint density at radius 2 is 2.43 bits per heavy atom. The standard InChI is InChI=1S/C11H19N3/c1-3-14-5-4-13-11(14)8-12-7-10-6-9(10)2/h4-5,9-10,12H,3,6-8H2,1-2H3. The molecule has 0 bridgehead atoms. The second-order valence-electron chi connectivity index (χ2n) is 4.23. The maximum Gasteiger partial charge on any atom is 0.122 e. The van der Waals surface area contributed by atoms with Gasteiger partial charge in [0.15, 0.2) is 0 Å². The molecule has 1 saturated carbocycles. The Kier molecular flexibility index (Phi) is 2.87. The second kappa shape index (κ2) is 4.13. The highest BCUT2D eigenvalue weighted by atomic mass is 15.1. The molecule has 3 nitrogen and oxygen atoms in total. The first-order chi connectivity index (χ1) is 6.81. The van der Waals surface area contributed by atoms with E-state index < -0.39 is 0 Å². The zero-order chi connectivity index (χ0) is 9.97. The SMILES string of the molecule is CCn1ccnc1CNCC1CC1C. The monoisotopic (exact) mass is 193 g/mol. The van der Waals surface area contributed by atoms with Gasteiger partial charge in [0, 0.05) is 18.9 Å². The summed E-state index contributed by atoms with van der Waals surface area (Å²) in [7, 11) is 0. The van der Waals surface area contributed by atoms with Crippen LogP contribution in [-0.2, 0) is 13.1 Å². The van der Waals surface area contributed by atoms with E-state index in [1.54, 1.807) is 0 Å². The van der Waals surface area contributed by atoms with Crippen LogP contribution < -0.4 is 5.32 Å². The topological polar surface area (TPSA) is 29.9 Å². The van der Waals surface area contributed by atoms with Gasteiger partial charge in [-0.15, -0.1) is 0 Å². The van der Waals surface area contributed by atoms with Crippen molar-refractivity contribution in [1.82, 2.24) is 14.9 Å². The molecule has 1 fully saturated rings. The minimum absolute atomic E-state index is 0.907.